The van der Waals surface area contributed by atoms with E-state index in [0.717, 1.165) is 12.8 Å². The Balaban J connectivity index is 3.09. The third kappa shape index (κ3) is 4.13. The largest absolute Gasteiger partial charge is 0.494 e. The summed E-state index contributed by atoms with van der Waals surface area (Å²) in [6.07, 6.45) is 1.70. The Morgan fingerprint density at radius 1 is 1.21 bits per heavy atom. The van der Waals surface area contributed by atoms with Gasteiger partial charge in [-0.3, -0.25) is 0 Å². The quantitative estimate of drug-likeness (QED) is 0.782. The highest BCUT2D eigenvalue weighted by Crippen LogP contribution is 2.27. The van der Waals surface area contributed by atoms with E-state index in [-0.39, 0.29) is 22.3 Å². The molecule has 0 saturated carbocycles. The second-order valence-electron chi connectivity index (χ2n) is 4.60. The van der Waals surface area contributed by atoms with Crippen LogP contribution in [0.4, 0.5) is 5.69 Å². The van der Waals surface area contributed by atoms with Crippen molar-refractivity contribution in [3.8, 4) is 5.75 Å². The van der Waals surface area contributed by atoms with Crippen molar-refractivity contribution in [1.29, 1.82) is 0 Å². The summed E-state index contributed by atoms with van der Waals surface area (Å²) in [5.74, 6) is 0.847. The molecule has 1 aromatic rings. The molecular formula is C14H23NO3S. The van der Waals surface area contributed by atoms with Crippen LogP contribution in [0, 0.1) is 5.92 Å². The smallest absolute Gasteiger partial charge is 0.180 e. The number of anilines is 1. The van der Waals surface area contributed by atoms with Crippen LogP contribution < -0.4 is 10.5 Å². The lowest BCUT2D eigenvalue weighted by atomic mass is 10.1. The van der Waals surface area contributed by atoms with Crippen molar-refractivity contribution in [2.45, 2.75) is 38.5 Å². The van der Waals surface area contributed by atoms with Gasteiger partial charge in [0.1, 0.15) is 5.75 Å². The van der Waals surface area contributed by atoms with E-state index in [4.69, 9.17) is 10.5 Å². The van der Waals surface area contributed by atoms with Gasteiger partial charge in [0.25, 0.3) is 0 Å². The van der Waals surface area contributed by atoms with Gasteiger partial charge < -0.3 is 10.5 Å². The summed E-state index contributed by atoms with van der Waals surface area (Å²) in [5.41, 5.74) is 6.08. The first-order valence-corrected chi connectivity index (χ1v) is 8.34. The molecule has 0 aliphatic heterocycles. The molecule has 0 amide bonds. The molecule has 0 atom stereocenters. The van der Waals surface area contributed by atoms with Crippen LogP contribution in [0.5, 0.6) is 5.75 Å². The number of benzene rings is 1. The van der Waals surface area contributed by atoms with Gasteiger partial charge in [-0.25, -0.2) is 8.42 Å². The van der Waals surface area contributed by atoms with Crippen LogP contribution >= 0.6 is 0 Å². The molecule has 0 radical (unpaired) electrons. The third-order valence-corrected chi connectivity index (χ3v) is 5.17. The molecule has 0 spiro atoms. The number of ether oxygens (including phenoxy) is 1. The van der Waals surface area contributed by atoms with Gasteiger partial charge in [0.05, 0.1) is 22.9 Å². The van der Waals surface area contributed by atoms with Crippen molar-refractivity contribution in [2.75, 3.05) is 18.1 Å². The summed E-state index contributed by atoms with van der Waals surface area (Å²) in [7, 11) is -3.36. The minimum Gasteiger partial charge on any atom is -0.494 e. The van der Waals surface area contributed by atoms with Crippen LogP contribution in [0.15, 0.2) is 23.1 Å². The zero-order chi connectivity index (χ0) is 14.5. The monoisotopic (exact) mass is 285 g/mol. The van der Waals surface area contributed by atoms with E-state index in [1.807, 2.05) is 20.8 Å². The standard InChI is InChI=1S/C14H23NO3S/c1-4-11(5-2)10-19(16,17)14-9-12(18-6-3)7-8-13(14)15/h7-9,11H,4-6,10,15H2,1-3H3. The van der Waals surface area contributed by atoms with Crippen LogP contribution in [0.2, 0.25) is 0 Å². The highest BCUT2D eigenvalue weighted by atomic mass is 32.2. The zero-order valence-corrected chi connectivity index (χ0v) is 12.7. The fraction of sp³-hybridized carbons (Fsp3) is 0.571. The Kier molecular flexibility index (Phi) is 5.66. The summed E-state index contributed by atoms with van der Waals surface area (Å²) in [6.45, 7) is 6.36. The predicted octanol–water partition coefficient (Wildman–Crippen LogP) is 2.88. The van der Waals surface area contributed by atoms with Crippen molar-refractivity contribution < 1.29 is 13.2 Å². The van der Waals surface area contributed by atoms with Crippen LogP contribution in [-0.4, -0.2) is 20.8 Å². The lowest BCUT2D eigenvalue weighted by molar-refractivity contribution is 0.339. The molecule has 0 aliphatic rings. The number of hydrogen-bond donors (Lipinski definition) is 1. The number of sulfone groups is 1. The van der Waals surface area contributed by atoms with Gasteiger partial charge in [-0.2, -0.15) is 0 Å². The van der Waals surface area contributed by atoms with Gasteiger partial charge in [0.15, 0.2) is 9.84 Å². The molecule has 0 aliphatic carbocycles. The van der Waals surface area contributed by atoms with Crippen LogP contribution in [0.25, 0.3) is 0 Å². The Morgan fingerprint density at radius 2 is 1.84 bits per heavy atom. The first-order valence-electron chi connectivity index (χ1n) is 6.69. The van der Waals surface area contributed by atoms with E-state index < -0.39 is 9.84 Å². The first-order chi connectivity index (χ1) is 8.94. The SMILES string of the molecule is CCOc1ccc(N)c(S(=O)(=O)CC(CC)CC)c1. The molecule has 0 bridgehead atoms. The van der Waals surface area contributed by atoms with Crippen molar-refractivity contribution in [1.82, 2.24) is 0 Å². The Bertz CT molecular complexity index is 507. The third-order valence-electron chi connectivity index (χ3n) is 3.24. The molecule has 5 heteroatoms. The molecule has 0 heterocycles. The number of nitrogen functional groups attached to an aromatic ring is 1. The summed E-state index contributed by atoms with van der Waals surface area (Å²) in [4.78, 5) is 0.186. The molecule has 0 saturated heterocycles. The topological polar surface area (TPSA) is 69.4 Å². The minimum absolute atomic E-state index is 0.139. The van der Waals surface area contributed by atoms with Crippen LogP contribution in [0.3, 0.4) is 0 Å². The fourth-order valence-electron chi connectivity index (χ4n) is 1.96. The second kappa shape index (κ2) is 6.80. The minimum atomic E-state index is -3.36. The lowest BCUT2D eigenvalue weighted by Crippen LogP contribution is -2.16. The summed E-state index contributed by atoms with van der Waals surface area (Å²) in [5, 5.41) is 0. The van der Waals surface area contributed by atoms with Crippen molar-refractivity contribution in [3.63, 3.8) is 0 Å². The van der Waals surface area contributed by atoms with Crippen molar-refractivity contribution >= 4 is 15.5 Å². The predicted molar refractivity (Wildman–Crippen MR) is 78.1 cm³/mol. The van der Waals surface area contributed by atoms with Crippen LogP contribution in [-0.2, 0) is 9.84 Å². The maximum atomic E-state index is 12.4. The number of nitrogens with two attached hydrogens (primary N) is 1. The number of hydrogen-bond acceptors (Lipinski definition) is 4. The summed E-state index contributed by atoms with van der Waals surface area (Å²) in [6, 6.07) is 4.80. The van der Waals surface area contributed by atoms with E-state index in [1.165, 1.54) is 6.07 Å². The van der Waals surface area contributed by atoms with Crippen LogP contribution in [0.1, 0.15) is 33.6 Å². The Labute approximate surface area is 115 Å². The zero-order valence-electron chi connectivity index (χ0n) is 11.8. The average molecular weight is 285 g/mol. The van der Waals surface area contributed by atoms with Gasteiger partial charge in [0, 0.05) is 6.07 Å². The van der Waals surface area contributed by atoms with Gasteiger partial charge in [-0.05, 0) is 25.0 Å². The van der Waals surface area contributed by atoms with Crippen molar-refractivity contribution in [2.24, 2.45) is 5.92 Å². The molecule has 108 valence electrons. The molecule has 1 aromatic carbocycles. The molecule has 0 aromatic heterocycles. The molecule has 2 N–H and O–H groups in total. The molecule has 1 rings (SSSR count). The Morgan fingerprint density at radius 3 is 2.37 bits per heavy atom. The lowest BCUT2D eigenvalue weighted by Gasteiger charge is -2.15. The van der Waals surface area contributed by atoms with E-state index in [2.05, 4.69) is 0 Å². The fourth-order valence-corrected chi connectivity index (χ4v) is 3.96. The van der Waals surface area contributed by atoms with Gasteiger partial charge >= 0.3 is 0 Å². The molecule has 4 nitrogen and oxygen atoms in total. The molecule has 0 fully saturated rings. The summed E-state index contributed by atoms with van der Waals surface area (Å²) >= 11 is 0. The highest BCUT2D eigenvalue weighted by molar-refractivity contribution is 7.91. The van der Waals surface area contributed by atoms with E-state index in [0.29, 0.717) is 12.4 Å². The van der Waals surface area contributed by atoms with E-state index in [9.17, 15) is 8.42 Å². The van der Waals surface area contributed by atoms with E-state index in [1.54, 1.807) is 12.1 Å². The van der Waals surface area contributed by atoms with Gasteiger partial charge in [0.2, 0.25) is 0 Å². The highest BCUT2D eigenvalue weighted by Gasteiger charge is 2.22. The number of rotatable bonds is 7. The molecule has 0 unspecified atom stereocenters. The second-order valence-corrected chi connectivity index (χ2v) is 6.60. The van der Waals surface area contributed by atoms with Crippen molar-refractivity contribution in [3.05, 3.63) is 18.2 Å². The molecule has 19 heavy (non-hydrogen) atoms. The average Bonchev–Trinajstić information content (AvgIpc) is 2.38. The normalized spacial score (nSPS) is 11.8. The maximum Gasteiger partial charge on any atom is 0.180 e. The summed E-state index contributed by atoms with van der Waals surface area (Å²) < 4.78 is 30.1. The first kappa shape index (κ1) is 15.8. The van der Waals surface area contributed by atoms with E-state index >= 15 is 0 Å². The Hall–Kier alpha value is -1.23. The van der Waals surface area contributed by atoms with Gasteiger partial charge in [-0.15, -0.1) is 0 Å². The van der Waals surface area contributed by atoms with Gasteiger partial charge in [-0.1, -0.05) is 26.7 Å². The molecular weight excluding hydrogens is 262 g/mol. The maximum absolute atomic E-state index is 12.4.